The zero-order valence-electron chi connectivity index (χ0n) is 10.4. The molecule has 1 saturated heterocycles. The van der Waals surface area contributed by atoms with Gasteiger partial charge in [-0.25, -0.2) is 4.98 Å². The third kappa shape index (κ3) is 2.56. The normalized spacial score (nSPS) is 18.8. The van der Waals surface area contributed by atoms with Gasteiger partial charge in [-0.3, -0.25) is 0 Å². The topological polar surface area (TPSA) is 52.0 Å². The fraction of sp³-hybridized carbons (Fsp3) is 0.538. The van der Waals surface area contributed by atoms with Crippen LogP contribution in [0.1, 0.15) is 25.5 Å². The number of pyridine rings is 1. The second-order valence-electron chi connectivity index (χ2n) is 4.81. The number of piperidine rings is 1. The number of nitriles is 1. The van der Waals surface area contributed by atoms with E-state index in [1.807, 2.05) is 19.2 Å². The number of aromatic nitrogens is 1. The van der Waals surface area contributed by atoms with Crippen molar-refractivity contribution < 1.29 is 0 Å². The zero-order valence-corrected chi connectivity index (χ0v) is 10.4. The van der Waals surface area contributed by atoms with Crippen LogP contribution in [0.2, 0.25) is 0 Å². The van der Waals surface area contributed by atoms with E-state index in [1.54, 1.807) is 6.20 Å². The largest absolute Gasteiger partial charge is 0.371 e. The summed E-state index contributed by atoms with van der Waals surface area (Å²) in [5, 5.41) is 12.2. The van der Waals surface area contributed by atoms with Gasteiger partial charge >= 0.3 is 0 Å². The van der Waals surface area contributed by atoms with Crippen molar-refractivity contribution in [3.63, 3.8) is 0 Å². The van der Waals surface area contributed by atoms with E-state index in [-0.39, 0.29) is 5.54 Å². The van der Waals surface area contributed by atoms with E-state index in [0.29, 0.717) is 5.69 Å². The standard InChI is InChI=1S/C13H18N4/c1-13(15-2)4-7-17(8-5-13)12-3-6-16-11(9-12)10-14/h3,6,9,15H,4-5,7-8H2,1-2H3. The number of rotatable bonds is 2. The lowest BCUT2D eigenvalue weighted by Gasteiger charge is -2.40. The summed E-state index contributed by atoms with van der Waals surface area (Å²) in [5.41, 5.74) is 1.85. The SMILES string of the molecule is CNC1(C)CCN(c2ccnc(C#N)c2)CC1. The number of nitrogens with zero attached hydrogens (tertiary/aromatic N) is 3. The van der Waals surface area contributed by atoms with E-state index >= 15 is 0 Å². The highest BCUT2D eigenvalue weighted by atomic mass is 15.2. The Morgan fingerprint density at radius 1 is 1.47 bits per heavy atom. The van der Waals surface area contributed by atoms with Crippen molar-refractivity contribution in [3.8, 4) is 6.07 Å². The molecule has 1 N–H and O–H groups in total. The van der Waals surface area contributed by atoms with Gasteiger partial charge in [-0.05, 0) is 38.9 Å². The van der Waals surface area contributed by atoms with Crippen LogP contribution >= 0.6 is 0 Å². The van der Waals surface area contributed by atoms with Crippen LogP contribution in [-0.2, 0) is 0 Å². The molecule has 1 aromatic rings. The van der Waals surface area contributed by atoms with Crippen molar-refractivity contribution in [1.82, 2.24) is 10.3 Å². The smallest absolute Gasteiger partial charge is 0.142 e. The van der Waals surface area contributed by atoms with Crippen molar-refractivity contribution in [3.05, 3.63) is 24.0 Å². The molecular formula is C13H18N4. The molecule has 0 saturated carbocycles. The Morgan fingerprint density at radius 2 is 2.18 bits per heavy atom. The fourth-order valence-electron chi connectivity index (χ4n) is 2.19. The highest BCUT2D eigenvalue weighted by molar-refractivity contribution is 5.49. The van der Waals surface area contributed by atoms with Gasteiger partial charge in [0.25, 0.3) is 0 Å². The number of anilines is 1. The fourth-order valence-corrected chi connectivity index (χ4v) is 2.19. The van der Waals surface area contributed by atoms with Gasteiger partial charge in [0.1, 0.15) is 11.8 Å². The Kier molecular flexibility index (Phi) is 3.30. The molecule has 0 aliphatic carbocycles. The van der Waals surface area contributed by atoms with Crippen molar-refractivity contribution in [1.29, 1.82) is 5.26 Å². The number of nitrogens with one attached hydrogen (secondary N) is 1. The Bertz CT molecular complexity index is 427. The van der Waals surface area contributed by atoms with Crippen LogP contribution in [-0.4, -0.2) is 30.7 Å². The van der Waals surface area contributed by atoms with Crippen molar-refractivity contribution in [2.24, 2.45) is 0 Å². The Labute approximate surface area is 102 Å². The van der Waals surface area contributed by atoms with Gasteiger partial charge in [-0.15, -0.1) is 0 Å². The molecule has 1 aliphatic rings. The van der Waals surface area contributed by atoms with Crippen molar-refractivity contribution in [2.45, 2.75) is 25.3 Å². The van der Waals surface area contributed by atoms with Crippen LogP contribution in [0.4, 0.5) is 5.69 Å². The number of hydrogen-bond donors (Lipinski definition) is 1. The average Bonchev–Trinajstić information content (AvgIpc) is 2.40. The minimum absolute atomic E-state index is 0.252. The molecule has 4 heteroatoms. The quantitative estimate of drug-likeness (QED) is 0.837. The highest BCUT2D eigenvalue weighted by Gasteiger charge is 2.28. The maximum Gasteiger partial charge on any atom is 0.142 e. The van der Waals surface area contributed by atoms with Gasteiger partial charge in [0, 0.05) is 30.5 Å². The first-order chi connectivity index (χ1) is 8.17. The molecule has 0 bridgehead atoms. The van der Waals surface area contributed by atoms with Gasteiger partial charge in [-0.1, -0.05) is 0 Å². The summed E-state index contributed by atoms with van der Waals surface area (Å²) in [5.74, 6) is 0. The zero-order chi connectivity index (χ0) is 12.3. The van der Waals surface area contributed by atoms with E-state index in [4.69, 9.17) is 5.26 Å². The monoisotopic (exact) mass is 230 g/mol. The second kappa shape index (κ2) is 4.72. The molecular weight excluding hydrogens is 212 g/mol. The molecule has 0 unspecified atom stereocenters. The van der Waals surface area contributed by atoms with Crippen LogP contribution in [0, 0.1) is 11.3 Å². The predicted molar refractivity (Wildman–Crippen MR) is 67.9 cm³/mol. The lowest BCUT2D eigenvalue weighted by molar-refractivity contribution is 0.305. The molecule has 1 fully saturated rings. The minimum atomic E-state index is 0.252. The van der Waals surface area contributed by atoms with Gasteiger partial charge in [-0.2, -0.15) is 5.26 Å². The van der Waals surface area contributed by atoms with Gasteiger partial charge < -0.3 is 10.2 Å². The van der Waals surface area contributed by atoms with Gasteiger partial charge in [0.15, 0.2) is 0 Å². The minimum Gasteiger partial charge on any atom is -0.371 e. The Balaban J connectivity index is 2.08. The molecule has 0 spiro atoms. The summed E-state index contributed by atoms with van der Waals surface area (Å²) < 4.78 is 0. The molecule has 2 rings (SSSR count). The molecule has 0 amide bonds. The lowest BCUT2D eigenvalue weighted by atomic mass is 9.90. The Hall–Kier alpha value is -1.60. The summed E-state index contributed by atoms with van der Waals surface area (Å²) in [6.45, 7) is 4.30. The van der Waals surface area contributed by atoms with E-state index < -0.39 is 0 Å². The molecule has 0 radical (unpaired) electrons. The summed E-state index contributed by atoms with van der Waals surface area (Å²) in [6.07, 6.45) is 3.95. The third-order valence-electron chi connectivity index (χ3n) is 3.69. The van der Waals surface area contributed by atoms with Crippen LogP contribution < -0.4 is 10.2 Å². The third-order valence-corrected chi connectivity index (χ3v) is 3.69. The summed E-state index contributed by atoms with van der Waals surface area (Å²) in [6, 6.07) is 5.92. The molecule has 1 aromatic heterocycles. The van der Waals surface area contributed by atoms with Crippen molar-refractivity contribution in [2.75, 3.05) is 25.0 Å². The van der Waals surface area contributed by atoms with Crippen molar-refractivity contribution >= 4 is 5.69 Å². The second-order valence-corrected chi connectivity index (χ2v) is 4.81. The molecule has 17 heavy (non-hydrogen) atoms. The van der Waals surface area contributed by atoms with Gasteiger partial charge in [0.05, 0.1) is 0 Å². The predicted octanol–water partition coefficient (Wildman–Crippen LogP) is 1.53. The summed E-state index contributed by atoms with van der Waals surface area (Å²) in [7, 11) is 2.02. The first-order valence-electron chi connectivity index (χ1n) is 5.97. The van der Waals surface area contributed by atoms with E-state index in [1.165, 1.54) is 0 Å². The highest BCUT2D eigenvalue weighted by Crippen LogP contribution is 2.25. The summed E-state index contributed by atoms with van der Waals surface area (Å²) >= 11 is 0. The van der Waals surface area contributed by atoms with E-state index in [9.17, 15) is 0 Å². The van der Waals surface area contributed by atoms with Crippen LogP contribution in [0.5, 0.6) is 0 Å². The molecule has 2 heterocycles. The Morgan fingerprint density at radius 3 is 2.76 bits per heavy atom. The van der Waals surface area contributed by atoms with Crippen LogP contribution in [0.3, 0.4) is 0 Å². The van der Waals surface area contributed by atoms with E-state index in [2.05, 4.69) is 28.2 Å². The molecule has 4 nitrogen and oxygen atoms in total. The molecule has 0 aromatic carbocycles. The summed E-state index contributed by atoms with van der Waals surface area (Å²) in [4.78, 5) is 6.32. The maximum atomic E-state index is 8.84. The maximum absolute atomic E-state index is 8.84. The molecule has 1 aliphatic heterocycles. The lowest BCUT2D eigenvalue weighted by Crippen LogP contribution is -2.50. The number of hydrogen-bond acceptors (Lipinski definition) is 4. The first kappa shape index (κ1) is 11.9. The van der Waals surface area contributed by atoms with E-state index in [0.717, 1.165) is 31.6 Å². The van der Waals surface area contributed by atoms with Crippen LogP contribution in [0.25, 0.3) is 0 Å². The first-order valence-corrected chi connectivity index (χ1v) is 5.97. The van der Waals surface area contributed by atoms with Gasteiger partial charge in [0.2, 0.25) is 0 Å². The van der Waals surface area contributed by atoms with Crippen LogP contribution in [0.15, 0.2) is 18.3 Å². The molecule has 90 valence electrons. The average molecular weight is 230 g/mol. The molecule has 0 atom stereocenters.